The summed E-state index contributed by atoms with van der Waals surface area (Å²) in [5, 5.41) is 4.31. The highest BCUT2D eigenvalue weighted by Gasteiger charge is 2.20. The number of ketones is 1. The average Bonchev–Trinajstić information content (AvgIpc) is 3.35. The van der Waals surface area contributed by atoms with Crippen LogP contribution in [-0.2, 0) is 4.57 Å². The molecule has 0 aliphatic carbocycles. The zero-order valence-corrected chi connectivity index (χ0v) is 19.2. The van der Waals surface area contributed by atoms with Crippen LogP contribution in [0.4, 0.5) is 4.39 Å². The molecule has 8 nitrogen and oxygen atoms in total. The number of H-pyrrole nitrogens is 1. The van der Waals surface area contributed by atoms with E-state index in [1.165, 1.54) is 29.7 Å². The Morgan fingerprint density at radius 3 is 2.35 bits per heavy atom. The summed E-state index contributed by atoms with van der Waals surface area (Å²) < 4.78 is 26.8. The first-order chi connectivity index (χ1) is 16.2. The lowest BCUT2D eigenvalue weighted by atomic mass is 9.86. The lowest BCUT2D eigenvalue weighted by molar-refractivity contribution is 0.0976. The largest absolute Gasteiger partial charge is 0.341 e. The summed E-state index contributed by atoms with van der Waals surface area (Å²) in [6.45, 7) is 1.27. The van der Waals surface area contributed by atoms with Crippen LogP contribution >= 0.6 is 7.37 Å². The van der Waals surface area contributed by atoms with Crippen LogP contribution in [0.5, 0.6) is 0 Å². The molecule has 0 bridgehead atoms. The first-order valence-corrected chi connectivity index (χ1v) is 12.6. The Bertz CT molecular complexity index is 1390. The fraction of sp³-hybridized carbons (Fsp3) is 0.167. The van der Waals surface area contributed by atoms with Crippen molar-refractivity contribution < 1.29 is 18.6 Å². The molecule has 0 fully saturated rings. The summed E-state index contributed by atoms with van der Waals surface area (Å²) in [5.74, 6) is -0.842. The van der Waals surface area contributed by atoms with E-state index in [0.29, 0.717) is 11.7 Å². The van der Waals surface area contributed by atoms with Gasteiger partial charge in [0.25, 0.3) is 5.56 Å². The highest BCUT2D eigenvalue weighted by molar-refractivity contribution is 7.65. The number of hydrogen-bond acceptors (Lipinski definition) is 5. The molecular formula is C24H22FN4O4P. The van der Waals surface area contributed by atoms with E-state index in [2.05, 4.69) is 15.1 Å². The van der Waals surface area contributed by atoms with Gasteiger partial charge in [0.05, 0.1) is 0 Å². The van der Waals surface area contributed by atoms with Gasteiger partial charge in [0.15, 0.2) is 5.78 Å². The van der Waals surface area contributed by atoms with Crippen LogP contribution in [0.15, 0.2) is 78.0 Å². The van der Waals surface area contributed by atoms with E-state index >= 15 is 0 Å². The van der Waals surface area contributed by atoms with Gasteiger partial charge in [0, 0.05) is 42.9 Å². The number of rotatable bonds is 8. The summed E-state index contributed by atoms with van der Waals surface area (Å²) in [7, 11) is -3.40. The summed E-state index contributed by atoms with van der Waals surface area (Å²) >= 11 is 0. The Balaban J connectivity index is 1.57. The van der Waals surface area contributed by atoms with Crippen molar-refractivity contribution in [3.8, 4) is 5.95 Å². The number of benzene rings is 2. The zero-order valence-electron chi connectivity index (χ0n) is 18.3. The summed E-state index contributed by atoms with van der Waals surface area (Å²) in [4.78, 5) is 41.8. The molecule has 1 unspecified atom stereocenters. The van der Waals surface area contributed by atoms with Gasteiger partial charge in [-0.15, -0.1) is 0 Å². The maximum Gasteiger partial charge on any atom is 0.263 e. The van der Waals surface area contributed by atoms with Gasteiger partial charge >= 0.3 is 0 Å². The van der Waals surface area contributed by atoms with Crippen LogP contribution in [-0.4, -0.2) is 37.1 Å². The second-order valence-electron chi connectivity index (χ2n) is 7.94. The summed E-state index contributed by atoms with van der Waals surface area (Å²) in [6.07, 6.45) is 4.78. The minimum absolute atomic E-state index is 0.0436. The molecular weight excluding hydrogens is 458 g/mol. The normalized spacial score (nSPS) is 13.9. The SMILES string of the molecule is CP(=O)(O)c1ccc([C@H](CCC(=O)c2cnc(-n3cccn3)[nH]c2=O)c2ccc(F)cc2)cc1. The van der Waals surface area contributed by atoms with E-state index in [-0.39, 0.29) is 35.5 Å². The van der Waals surface area contributed by atoms with E-state index in [9.17, 15) is 23.4 Å². The van der Waals surface area contributed by atoms with Gasteiger partial charge < -0.3 is 4.89 Å². The molecule has 2 heterocycles. The number of aromatic nitrogens is 4. The van der Waals surface area contributed by atoms with Crippen molar-refractivity contribution in [1.29, 1.82) is 0 Å². The van der Waals surface area contributed by atoms with Crippen molar-refractivity contribution in [2.24, 2.45) is 0 Å². The molecule has 0 spiro atoms. The molecule has 174 valence electrons. The second-order valence-corrected chi connectivity index (χ2v) is 10.2. The first kappa shape index (κ1) is 23.5. The van der Waals surface area contributed by atoms with Crippen LogP contribution in [0.3, 0.4) is 0 Å². The van der Waals surface area contributed by atoms with Crippen molar-refractivity contribution >= 4 is 18.5 Å². The standard InChI is InChI=1S/C24H22FN4O4P/c1-34(32,33)19-9-5-17(6-10-19)20(16-3-7-18(25)8-4-16)11-12-22(30)21-15-26-24(28-23(21)31)29-14-2-13-27-29/h2-10,13-15,20H,11-12H2,1H3,(H,32,33)(H,26,28,31)/t20-/m1/s1. The van der Waals surface area contributed by atoms with Crippen molar-refractivity contribution in [3.63, 3.8) is 0 Å². The predicted octanol–water partition coefficient (Wildman–Crippen LogP) is 3.42. The van der Waals surface area contributed by atoms with Crippen molar-refractivity contribution in [2.45, 2.75) is 18.8 Å². The van der Waals surface area contributed by atoms with Gasteiger partial charge in [0.1, 0.15) is 11.4 Å². The van der Waals surface area contributed by atoms with Crippen LogP contribution in [0.2, 0.25) is 0 Å². The zero-order chi connectivity index (χ0) is 24.3. The number of carbonyl (C=O) groups excluding carboxylic acids is 1. The van der Waals surface area contributed by atoms with Crippen LogP contribution in [0.25, 0.3) is 5.95 Å². The molecule has 0 saturated carbocycles. The monoisotopic (exact) mass is 480 g/mol. The molecule has 0 amide bonds. The van der Waals surface area contributed by atoms with E-state index in [0.717, 1.165) is 11.1 Å². The highest BCUT2D eigenvalue weighted by Crippen LogP contribution is 2.35. The molecule has 4 rings (SSSR count). The fourth-order valence-electron chi connectivity index (χ4n) is 3.71. The molecule has 0 aliphatic rings. The Hall–Kier alpha value is -3.68. The number of hydrogen-bond donors (Lipinski definition) is 2. The van der Waals surface area contributed by atoms with Crippen molar-refractivity contribution in [1.82, 2.24) is 19.7 Å². The molecule has 0 saturated heterocycles. The smallest absolute Gasteiger partial charge is 0.263 e. The topological polar surface area (TPSA) is 118 Å². The Morgan fingerprint density at radius 2 is 1.79 bits per heavy atom. The molecule has 34 heavy (non-hydrogen) atoms. The Labute approximate surface area is 194 Å². The number of halogens is 1. The lowest BCUT2D eigenvalue weighted by Crippen LogP contribution is -2.21. The quantitative estimate of drug-likeness (QED) is 0.295. The molecule has 2 aromatic heterocycles. The van der Waals surface area contributed by atoms with E-state index in [1.54, 1.807) is 54.9 Å². The van der Waals surface area contributed by atoms with Crippen LogP contribution < -0.4 is 10.9 Å². The minimum atomic E-state index is -3.40. The lowest BCUT2D eigenvalue weighted by Gasteiger charge is -2.19. The first-order valence-electron chi connectivity index (χ1n) is 10.5. The van der Waals surface area contributed by atoms with Gasteiger partial charge in [-0.05, 0) is 47.9 Å². The van der Waals surface area contributed by atoms with Crippen molar-refractivity contribution in [3.05, 3.63) is 106 Å². The third kappa shape index (κ3) is 5.27. The molecule has 0 aliphatic heterocycles. The number of nitrogens with zero attached hydrogens (tertiary/aromatic N) is 3. The van der Waals surface area contributed by atoms with Gasteiger partial charge in [-0.2, -0.15) is 5.10 Å². The summed E-state index contributed by atoms with van der Waals surface area (Å²) in [5.41, 5.74) is 0.968. The Morgan fingerprint density at radius 1 is 1.15 bits per heavy atom. The highest BCUT2D eigenvalue weighted by atomic mass is 31.2. The fourth-order valence-corrected chi connectivity index (χ4v) is 4.41. The van der Waals surface area contributed by atoms with Gasteiger partial charge in [-0.1, -0.05) is 24.3 Å². The predicted molar refractivity (Wildman–Crippen MR) is 126 cm³/mol. The third-order valence-corrected chi connectivity index (χ3v) is 6.77. The third-order valence-electron chi connectivity index (χ3n) is 5.51. The number of carbonyl (C=O) groups is 1. The second kappa shape index (κ2) is 9.67. The molecule has 2 N–H and O–H groups in total. The van der Waals surface area contributed by atoms with Gasteiger partial charge in [-0.25, -0.2) is 14.1 Å². The van der Waals surface area contributed by atoms with E-state index < -0.39 is 12.9 Å². The molecule has 4 aromatic rings. The minimum Gasteiger partial charge on any atom is -0.341 e. The maximum atomic E-state index is 13.5. The van der Waals surface area contributed by atoms with E-state index in [1.807, 2.05) is 0 Å². The maximum absolute atomic E-state index is 13.5. The molecule has 0 radical (unpaired) electrons. The van der Waals surface area contributed by atoms with E-state index in [4.69, 9.17) is 0 Å². The number of nitrogens with one attached hydrogen (secondary N) is 1. The molecule has 10 heteroatoms. The number of Topliss-reactive ketones (excluding diaryl/α,β-unsaturated/α-hetero) is 1. The van der Waals surface area contributed by atoms with Crippen molar-refractivity contribution in [2.75, 3.05) is 6.66 Å². The van der Waals surface area contributed by atoms with Gasteiger partial charge in [0.2, 0.25) is 13.3 Å². The molecule has 2 aromatic carbocycles. The number of aromatic amines is 1. The Kier molecular flexibility index (Phi) is 6.68. The average molecular weight is 480 g/mol. The van der Waals surface area contributed by atoms with Crippen LogP contribution in [0.1, 0.15) is 40.2 Å². The van der Waals surface area contributed by atoms with Crippen LogP contribution in [0, 0.1) is 5.82 Å². The van der Waals surface area contributed by atoms with Gasteiger partial charge in [-0.3, -0.25) is 19.1 Å². The molecule has 2 atom stereocenters. The summed E-state index contributed by atoms with van der Waals surface area (Å²) in [6, 6.07) is 14.3.